The van der Waals surface area contributed by atoms with Crippen molar-refractivity contribution in [1.82, 2.24) is 29.3 Å². The third-order valence-electron chi connectivity index (χ3n) is 5.86. The smallest absolute Gasteiger partial charge is 0.245 e. The number of aryl methyl sites for hydroxylation is 1. The van der Waals surface area contributed by atoms with Crippen LogP contribution in [0, 0.1) is 5.92 Å². The average Bonchev–Trinajstić information content (AvgIpc) is 3.33. The summed E-state index contributed by atoms with van der Waals surface area (Å²) in [4.78, 5) is 18.4. The quantitative estimate of drug-likeness (QED) is 0.635. The molecular weight excluding hydrogens is 356 g/mol. The molecule has 146 valence electrons. The summed E-state index contributed by atoms with van der Waals surface area (Å²) < 4.78 is 9.92. The van der Waals surface area contributed by atoms with Gasteiger partial charge >= 0.3 is 0 Å². The summed E-state index contributed by atoms with van der Waals surface area (Å²) in [5.41, 5.74) is 2.02. The number of amides is 1. The molecule has 1 saturated carbocycles. The lowest BCUT2D eigenvalue weighted by Gasteiger charge is -2.53. The second-order valence-electron chi connectivity index (χ2n) is 7.62. The van der Waals surface area contributed by atoms with Crippen LogP contribution >= 0.6 is 0 Å². The number of carbonyl (C=O) groups excluding carboxylic acids is 1. The van der Waals surface area contributed by atoms with E-state index >= 15 is 0 Å². The monoisotopic (exact) mass is 380 g/mol. The maximum Gasteiger partial charge on any atom is 0.245 e. The molecule has 0 N–H and O–H groups in total. The third-order valence-corrected chi connectivity index (χ3v) is 5.86. The molecule has 1 amide bonds. The molecule has 1 aliphatic carbocycles. The number of nitrogens with zero attached hydrogens (tertiary/aromatic N) is 6. The van der Waals surface area contributed by atoms with Crippen molar-refractivity contribution in [3.05, 3.63) is 43.5 Å². The lowest BCUT2D eigenvalue weighted by molar-refractivity contribution is -0.144. The largest absolute Gasteiger partial charge is 0.469 e. The van der Waals surface area contributed by atoms with Crippen LogP contribution in [0.2, 0.25) is 0 Å². The van der Waals surface area contributed by atoms with E-state index in [1.54, 1.807) is 33.5 Å². The molecule has 3 heterocycles. The highest BCUT2D eigenvalue weighted by Crippen LogP contribution is 2.44. The number of hydrogen-bond acceptors (Lipinski definition) is 5. The second-order valence-corrected chi connectivity index (χ2v) is 7.62. The summed E-state index contributed by atoms with van der Waals surface area (Å²) in [6, 6.07) is 1.99. The molecule has 0 aliphatic heterocycles. The Morgan fingerprint density at radius 1 is 1.43 bits per heavy atom. The molecule has 0 radical (unpaired) electrons. The van der Waals surface area contributed by atoms with Crippen molar-refractivity contribution >= 4 is 11.4 Å². The first-order chi connectivity index (χ1) is 13.3. The van der Waals surface area contributed by atoms with Gasteiger partial charge in [-0.15, -0.1) is 0 Å². The average molecular weight is 380 g/mol. The zero-order chi connectivity index (χ0) is 20.1. The number of hydrogen-bond donors (Lipinski definition) is 0. The number of aromatic nitrogens is 5. The van der Waals surface area contributed by atoms with E-state index in [0.29, 0.717) is 5.88 Å². The lowest BCUT2D eigenvalue weighted by Crippen LogP contribution is -2.63. The van der Waals surface area contributed by atoms with Crippen molar-refractivity contribution in [2.45, 2.75) is 31.9 Å². The van der Waals surface area contributed by atoms with Crippen LogP contribution in [0.4, 0.5) is 0 Å². The van der Waals surface area contributed by atoms with Crippen LogP contribution in [0.15, 0.2) is 43.5 Å². The molecule has 1 fully saturated rings. The number of fused-ring (bicyclic) bond motifs is 1. The van der Waals surface area contributed by atoms with Crippen molar-refractivity contribution in [3.63, 3.8) is 0 Å². The Morgan fingerprint density at radius 3 is 2.86 bits per heavy atom. The minimum absolute atomic E-state index is 0.0752. The minimum atomic E-state index is -0.425. The fourth-order valence-electron chi connectivity index (χ4n) is 3.83. The van der Waals surface area contributed by atoms with Gasteiger partial charge in [0.15, 0.2) is 0 Å². The van der Waals surface area contributed by atoms with Gasteiger partial charge < -0.3 is 9.64 Å². The van der Waals surface area contributed by atoms with Crippen LogP contribution in [0.25, 0.3) is 16.8 Å². The Kier molecular flexibility index (Phi) is 4.21. The fourth-order valence-corrected chi connectivity index (χ4v) is 3.83. The van der Waals surface area contributed by atoms with Crippen molar-refractivity contribution in [1.29, 1.82) is 0 Å². The Hall–Kier alpha value is -3.16. The fraction of sp³-hybridized carbons (Fsp3) is 0.400. The summed E-state index contributed by atoms with van der Waals surface area (Å²) >= 11 is 0. The normalized spacial score (nSPS) is 24.0. The van der Waals surface area contributed by atoms with Crippen LogP contribution in [-0.4, -0.2) is 53.9 Å². The van der Waals surface area contributed by atoms with Gasteiger partial charge in [-0.3, -0.25) is 9.48 Å². The molecule has 1 aliphatic rings. The van der Waals surface area contributed by atoms with Crippen LogP contribution in [0.3, 0.4) is 0 Å². The van der Waals surface area contributed by atoms with Crippen molar-refractivity contribution in [3.8, 4) is 17.1 Å². The standard InChI is InChI=1S/C20H24N6O2/c1-6-18(27)25(5)17-9-20(3,13(17)2)28-19-16-7-8-21-26(16)12-15(23-19)14-10-22-24(4)11-14/h6-8,10-13,17H,1,9H2,2-5H3/t13-,17+,20+/m1/s1. The SMILES string of the molecule is C=CC(=O)N(C)[C@H]1C[C@](C)(Oc2nc(-c3cnn(C)c3)cn3nccc23)[C@@H]1C. The predicted octanol–water partition coefficient (Wildman–Crippen LogP) is 2.32. The molecular formula is C20H24N6O2. The van der Waals surface area contributed by atoms with Gasteiger partial charge in [-0.1, -0.05) is 13.5 Å². The van der Waals surface area contributed by atoms with E-state index in [1.165, 1.54) is 6.08 Å². The maximum atomic E-state index is 11.9. The van der Waals surface area contributed by atoms with Crippen LogP contribution < -0.4 is 4.74 Å². The van der Waals surface area contributed by atoms with Gasteiger partial charge in [0.05, 0.1) is 24.3 Å². The highest BCUT2D eigenvalue weighted by molar-refractivity contribution is 5.87. The van der Waals surface area contributed by atoms with Gasteiger partial charge in [0.25, 0.3) is 0 Å². The van der Waals surface area contributed by atoms with Crippen molar-refractivity contribution in [2.75, 3.05) is 7.05 Å². The van der Waals surface area contributed by atoms with Gasteiger partial charge in [-0.25, -0.2) is 9.50 Å². The summed E-state index contributed by atoms with van der Waals surface area (Å²) in [5.74, 6) is 0.603. The Bertz CT molecular complexity index is 1050. The summed E-state index contributed by atoms with van der Waals surface area (Å²) in [6.45, 7) is 7.73. The minimum Gasteiger partial charge on any atom is -0.469 e. The van der Waals surface area contributed by atoms with Gasteiger partial charge in [-0.2, -0.15) is 10.2 Å². The van der Waals surface area contributed by atoms with Crippen LogP contribution in [-0.2, 0) is 11.8 Å². The van der Waals surface area contributed by atoms with E-state index in [-0.39, 0.29) is 17.9 Å². The van der Waals surface area contributed by atoms with Crippen molar-refractivity contribution in [2.24, 2.45) is 13.0 Å². The highest BCUT2D eigenvalue weighted by atomic mass is 16.5. The zero-order valence-corrected chi connectivity index (χ0v) is 16.5. The van der Waals surface area contributed by atoms with E-state index in [1.807, 2.05) is 25.5 Å². The third kappa shape index (κ3) is 2.85. The molecule has 3 aromatic rings. The van der Waals surface area contributed by atoms with Gasteiger partial charge in [0, 0.05) is 44.2 Å². The molecule has 0 aromatic carbocycles. The predicted molar refractivity (Wildman–Crippen MR) is 105 cm³/mol. The lowest BCUT2D eigenvalue weighted by atomic mass is 9.66. The number of ether oxygens (including phenoxy) is 1. The molecule has 28 heavy (non-hydrogen) atoms. The molecule has 8 heteroatoms. The van der Waals surface area contributed by atoms with Gasteiger partial charge in [-0.05, 0) is 19.1 Å². The Labute approximate surface area is 163 Å². The maximum absolute atomic E-state index is 11.9. The Balaban J connectivity index is 1.64. The van der Waals surface area contributed by atoms with Gasteiger partial charge in [0.2, 0.25) is 11.8 Å². The zero-order valence-electron chi connectivity index (χ0n) is 16.5. The van der Waals surface area contributed by atoms with Crippen LogP contribution in [0.5, 0.6) is 5.88 Å². The summed E-state index contributed by atoms with van der Waals surface area (Å²) in [5, 5.41) is 8.57. The molecule has 0 spiro atoms. The molecule has 4 rings (SSSR count). The molecule has 3 atom stereocenters. The van der Waals surface area contributed by atoms with Gasteiger partial charge in [0.1, 0.15) is 11.1 Å². The first-order valence-corrected chi connectivity index (χ1v) is 9.24. The molecule has 3 aromatic heterocycles. The summed E-state index contributed by atoms with van der Waals surface area (Å²) in [6.07, 6.45) is 9.33. The first kappa shape index (κ1) is 18.2. The molecule has 0 unspecified atom stereocenters. The van der Waals surface area contributed by atoms with Crippen molar-refractivity contribution < 1.29 is 9.53 Å². The molecule has 0 bridgehead atoms. The topological polar surface area (TPSA) is 77.6 Å². The molecule has 0 saturated heterocycles. The highest BCUT2D eigenvalue weighted by Gasteiger charge is 2.53. The number of rotatable bonds is 5. The van der Waals surface area contributed by atoms with E-state index in [2.05, 4.69) is 30.6 Å². The van der Waals surface area contributed by atoms with E-state index in [9.17, 15) is 4.79 Å². The number of carbonyl (C=O) groups is 1. The Morgan fingerprint density at radius 2 is 2.21 bits per heavy atom. The van der Waals surface area contributed by atoms with Crippen LogP contribution in [0.1, 0.15) is 20.3 Å². The summed E-state index contributed by atoms with van der Waals surface area (Å²) in [7, 11) is 3.67. The van der Waals surface area contributed by atoms with E-state index in [4.69, 9.17) is 9.72 Å². The van der Waals surface area contributed by atoms with E-state index in [0.717, 1.165) is 23.2 Å². The van der Waals surface area contributed by atoms with E-state index < -0.39 is 5.60 Å². The number of likely N-dealkylation sites (N-methyl/N-ethyl adjacent to an activating group) is 1. The molecule has 8 nitrogen and oxygen atoms in total. The first-order valence-electron chi connectivity index (χ1n) is 9.24. The second kappa shape index (κ2) is 6.47.